The van der Waals surface area contributed by atoms with Crippen molar-refractivity contribution < 1.29 is 14.3 Å². The SMILES string of the molecule is CCN(CC)c1nc(C)cc(C(=O)NCCOc2ccc(OC)cc2)n1. The van der Waals surface area contributed by atoms with Crippen LogP contribution in [0.4, 0.5) is 5.95 Å². The molecule has 140 valence electrons. The average molecular weight is 358 g/mol. The number of carbonyl (C=O) groups excluding carboxylic acids is 1. The lowest BCUT2D eigenvalue weighted by atomic mass is 10.3. The van der Waals surface area contributed by atoms with Gasteiger partial charge in [0.15, 0.2) is 0 Å². The number of anilines is 1. The van der Waals surface area contributed by atoms with Crippen molar-refractivity contribution in [3.63, 3.8) is 0 Å². The predicted octanol–water partition coefficient (Wildman–Crippen LogP) is 2.45. The Morgan fingerprint density at radius 1 is 1.12 bits per heavy atom. The van der Waals surface area contributed by atoms with E-state index in [1.54, 1.807) is 13.2 Å². The lowest BCUT2D eigenvalue weighted by Crippen LogP contribution is -2.30. The maximum absolute atomic E-state index is 12.4. The first-order valence-electron chi connectivity index (χ1n) is 8.73. The zero-order valence-corrected chi connectivity index (χ0v) is 15.8. The van der Waals surface area contributed by atoms with Crippen molar-refractivity contribution in [1.29, 1.82) is 0 Å². The molecule has 0 saturated heterocycles. The van der Waals surface area contributed by atoms with Gasteiger partial charge in [0.05, 0.1) is 13.7 Å². The molecule has 0 aliphatic heterocycles. The Morgan fingerprint density at radius 2 is 1.77 bits per heavy atom. The van der Waals surface area contributed by atoms with E-state index in [0.717, 1.165) is 30.3 Å². The Bertz CT molecular complexity index is 715. The number of aromatic nitrogens is 2. The van der Waals surface area contributed by atoms with Crippen molar-refractivity contribution in [2.24, 2.45) is 0 Å². The molecule has 1 amide bonds. The Labute approximate surface area is 154 Å². The molecule has 0 bridgehead atoms. The van der Waals surface area contributed by atoms with Crippen LogP contribution in [0.15, 0.2) is 30.3 Å². The average Bonchev–Trinajstić information content (AvgIpc) is 2.66. The molecule has 0 radical (unpaired) electrons. The van der Waals surface area contributed by atoms with E-state index in [-0.39, 0.29) is 5.91 Å². The first kappa shape index (κ1) is 19.5. The quantitative estimate of drug-likeness (QED) is 0.694. The van der Waals surface area contributed by atoms with Crippen LogP contribution in [-0.4, -0.2) is 49.2 Å². The summed E-state index contributed by atoms with van der Waals surface area (Å²) in [6, 6.07) is 8.99. The molecule has 1 aromatic heterocycles. The minimum atomic E-state index is -0.234. The highest BCUT2D eigenvalue weighted by atomic mass is 16.5. The highest BCUT2D eigenvalue weighted by molar-refractivity contribution is 5.92. The molecule has 2 aromatic rings. The van der Waals surface area contributed by atoms with Gasteiger partial charge in [-0.05, 0) is 51.1 Å². The van der Waals surface area contributed by atoms with Gasteiger partial charge in [0.1, 0.15) is 23.8 Å². The van der Waals surface area contributed by atoms with Crippen molar-refractivity contribution in [2.45, 2.75) is 20.8 Å². The minimum Gasteiger partial charge on any atom is -0.497 e. The third-order valence-corrected chi connectivity index (χ3v) is 3.84. The molecule has 26 heavy (non-hydrogen) atoms. The number of hydrogen-bond donors (Lipinski definition) is 1. The molecule has 0 unspecified atom stereocenters. The molecule has 0 fully saturated rings. The fraction of sp³-hybridized carbons (Fsp3) is 0.421. The number of benzene rings is 1. The van der Waals surface area contributed by atoms with Crippen LogP contribution < -0.4 is 19.7 Å². The Kier molecular flexibility index (Phi) is 7.20. The smallest absolute Gasteiger partial charge is 0.270 e. The highest BCUT2D eigenvalue weighted by Gasteiger charge is 2.13. The van der Waals surface area contributed by atoms with Gasteiger partial charge in [0.2, 0.25) is 5.95 Å². The third-order valence-electron chi connectivity index (χ3n) is 3.84. The second kappa shape index (κ2) is 9.60. The molecular weight excluding hydrogens is 332 g/mol. The van der Waals surface area contributed by atoms with Gasteiger partial charge in [0, 0.05) is 18.8 Å². The Morgan fingerprint density at radius 3 is 2.38 bits per heavy atom. The largest absolute Gasteiger partial charge is 0.497 e. The van der Waals surface area contributed by atoms with E-state index in [2.05, 4.69) is 15.3 Å². The molecule has 1 heterocycles. The lowest BCUT2D eigenvalue weighted by molar-refractivity contribution is 0.0941. The van der Waals surface area contributed by atoms with Gasteiger partial charge in [-0.3, -0.25) is 4.79 Å². The molecule has 0 saturated carbocycles. The zero-order valence-electron chi connectivity index (χ0n) is 15.8. The number of amides is 1. The van der Waals surface area contributed by atoms with E-state index in [4.69, 9.17) is 9.47 Å². The summed E-state index contributed by atoms with van der Waals surface area (Å²) >= 11 is 0. The molecule has 1 aromatic carbocycles. The molecule has 7 nitrogen and oxygen atoms in total. The van der Waals surface area contributed by atoms with Crippen molar-refractivity contribution >= 4 is 11.9 Å². The first-order chi connectivity index (χ1) is 12.6. The molecule has 0 aliphatic rings. The van der Waals surface area contributed by atoms with E-state index < -0.39 is 0 Å². The summed E-state index contributed by atoms with van der Waals surface area (Å²) in [5, 5.41) is 2.82. The topological polar surface area (TPSA) is 76.6 Å². The van der Waals surface area contributed by atoms with Crippen LogP contribution in [0.2, 0.25) is 0 Å². The number of hydrogen-bond acceptors (Lipinski definition) is 6. The summed E-state index contributed by atoms with van der Waals surface area (Å²) in [6.45, 7) is 8.25. The zero-order chi connectivity index (χ0) is 18.9. The summed E-state index contributed by atoms with van der Waals surface area (Å²) in [6.07, 6.45) is 0. The lowest BCUT2D eigenvalue weighted by Gasteiger charge is -2.19. The predicted molar refractivity (Wildman–Crippen MR) is 101 cm³/mol. The summed E-state index contributed by atoms with van der Waals surface area (Å²) in [5.41, 5.74) is 1.13. The number of nitrogens with one attached hydrogen (secondary N) is 1. The molecular formula is C19H26N4O3. The van der Waals surface area contributed by atoms with Crippen LogP contribution in [0, 0.1) is 6.92 Å². The van der Waals surface area contributed by atoms with Gasteiger partial charge in [0.25, 0.3) is 5.91 Å². The fourth-order valence-electron chi connectivity index (χ4n) is 2.41. The van der Waals surface area contributed by atoms with Crippen molar-refractivity contribution in [3.8, 4) is 11.5 Å². The van der Waals surface area contributed by atoms with Crippen molar-refractivity contribution in [1.82, 2.24) is 15.3 Å². The van der Waals surface area contributed by atoms with Crippen molar-refractivity contribution in [3.05, 3.63) is 41.7 Å². The Hall–Kier alpha value is -2.83. The Balaban J connectivity index is 1.89. The van der Waals surface area contributed by atoms with Crippen LogP contribution in [0.3, 0.4) is 0 Å². The molecule has 0 aliphatic carbocycles. The molecule has 2 rings (SSSR count). The number of ether oxygens (including phenoxy) is 2. The molecule has 0 atom stereocenters. The van der Waals surface area contributed by atoms with E-state index in [0.29, 0.717) is 24.8 Å². The number of nitrogens with zero attached hydrogens (tertiary/aromatic N) is 3. The normalized spacial score (nSPS) is 10.3. The summed E-state index contributed by atoms with van der Waals surface area (Å²) in [4.78, 5) is 23.1. The summed E-state index contributed by atoms with van der Waals surface area (Å²) in [5.74, 6) is 1.84. The molecule has 1 N–H and O–H groups in total. The second-order valence-corrected chi connectivity index (χ2v) is 5.65. The van der Waals surface area contributed by atoms with E-state index in [1.165, 1.54) is 0 Å². The van der Waals surface area contributed by atoms with Crippen molar-refractivity contribution in [2.75, 3.05) is 38.3 Å². The van der Waals surface area contributed by atoms with Gasteiger partial charge < -0.3 is 19.7 Å². The van der Waals surface area contributed by atoms with E-state index >= 15 is 0 Å². The highest BCUT2D eigenvalue weighted by Crippen LogP contribution is 2.16. The number of aryl methyl sites for hydroxylation is 1. The maximum Gasteiger partial charge on any atom is 0.270 e. The molecule has 7 heteroatoms. The maximum atomic E-state index is 12.4. The fourth-order valence-corrected chi connectivity index (χ4v) is 2.41. The molecule has 0 spiro atoms. The van der Waals surface area contributed by atoms with E-state index in [9.17, 15) is 4.79 Å². The van der Waals surface area contributed by atoms with Gasteiger partial charge >= 0.3 is 0 Å². The first-order valence-corrected chi connectivity index (χ1v) is 8.73. The number of rotatable bonds is 9. The standard InChI is InChI=1S/C19H26N4O3/c1-5-23(6-2)19-21-14(3)13-17(22-19)18(24)20-11-12-26-16-9-7-15(25-4)8-10-16/h7-10,13H,5-6,11-12H2,1-4H3,(H,20,24). The number of methoxy groups -OCH3 is 1. The summed E-state index contributed by atoms with van der Waals surface area (Å²) < 4.78 is 10.7. The van der Waals surface area contributed by atoms with E-state index in [1.807, 2.05) is 49.9 Å². The number of carbonyl (C=O) groups is 1. The second-order valence-electron chi connectivity index (χ2n) is 5.65. The summed E-state index contributed by atoms with van der Waals surface area (Å²) in [7, 11) is 1.62. The van der Waals surface area contributed by atoms with Gasteiger partial charge in [-0.1, -0.05) is 0 Å². The van der Waals surface area contributed by atoms with Gasteiger partial charge in [-0.2, -0.15) is 0 Å². The van der Waals surface area contributed by atoms with Crippen LogP contribution in [0.1, 0.15) is 30.0 Å². The van der Waals surface area contributed by atoms with Crippen LogP contribution >= 0.6 is 0 Å². The van der Waals surface area contributed by atoms with Crippen LogP contribution in [0.25, 0.3) is 0 Å². The monoisotopic (exact) mass is 358 g/mol. The third kappa shape index (κ3) is 5.34. The minimum absolute atomic E-state index is 0.234. The van der Waals surface area contributed by atoms with Crippen LogP contribution in [-0.2, 0) is 0 Å². The van der Waals surface area contributed by atoms with Gasteiger partial charge in [-0.25, -0.2) is 9.97 Å². The van der Waals surface area contributed by atoms with Crippen LogP contribution in [0.5, 0.6) is 11.5 Å². The van der Waals surface area contributed by atoms with Gasteiger partial charge in [-0.15, -0.1) is 0 Å².